The number of carbonyl (C=O) groups excluding carboxylic acids is 4. The van der Waals surface area contributed by atoms with Gasteiger partial charge in [-0.25, -0.2) is 0 Å². The van der Waals surface area contributed by atoms with E-state index < -0.39 is 35.0 Å². The van der Waals surface area contributed by atoms with Crippen LogP contribution in [0.5, 0.6) is 11.5 Å². The lowest BCUT2D eigenvalue weighted by atomic mass is 9.44. The number of allylic oxidation sites excluding steroid dienone is 4. The molecule has 0 unspecified atom stereocenters. The number of phenols is 1. The Morgan fingerprint density at radius 3 is 2.18 bits per heavy atom. The lowest BCUT2D eigenvalue weighted by Gasteiger charge is -2.55. The number of hydrogen-bond acceptors (Lipinski definition) is 7. The number of imide groups is 1. The first-order valence-electron chi connectivity index (χ1n) is 19.5. The molecule has 3 fully saturated rings. The lowest BCUT2D eigenvalue weighted by molar-refractivity contribution is -0.144. The molecular formula is C47H43IN2O6. The zero-order valence-corrected chi connectivity index (χ0v) is 33.3. The molecule has 2 aliphatic heterocycles. The molecule has 5 aliphatic rings. The summed E-state index contributed by atoms with van der Waals surface area (Å²) in [5.41, 5.74) is 3.25. The van der Waals surface area contributed by atoms with Crippen molar-refractivity contribution in [2.75, 3.05) is 20.2 Å². The van der Waals surface area contributed by atoms with E-state index in [0.29, 0.717) is 39.5 Å². The first-order chi connectivity index (χ1) is 27.2. The van der Waals surface area contributed by atoms with Crippen molar-refractivity contribution >= 4 is 51.5 Å². The average Bonchev–Trinajstić information content (AvgIpc) is 3.49. The van der Waals surface area contributed by atoms with Gasteiger partial charge in [0.05, 0.1) is 27.9 Å². The van der Waals surface area contributed by atoms with Crippen LogP contribution >= 0.6 is 22.6 Å². The Kier molecular flexibility index (Phi) is 9.56. The highest BCUT2D eigenvalue weighted by Gasteiger charge is 2.66. The van der Waals surface area contributed by atoms with Crippen LogP contribution in [0.2, 0.25) is 0 Å². The van der Waals surface area contributed by atoms with Crippen molar-refractivity contribution in [1.82, 2.24) is 9.80 Å². The van der Waals surface area contributed by atoms with E-state index in [9.17, 15) is 14.7 Å². The van der Waals surface area contributed by atoms with Crippen molar-refractivity contribution in [2.45, 2.75) is 49.6 Å². The van der Waals surface area contributed by atoms with Crippen LogP contribution in [-0.4, -0.2) is 64.5 Å². The summed E-state index contributed by atoms with van der Waals surface area (Å²) < 4.78 is 6.21. The Hall–Kier alpha value is -4.87. The number of hydrogen-bond donors (Lipinski definition) is 1. The second kappa shape index (κ2) is 14.6. The highest BCUT2D eigenvalue weighted by molar-refractivity contribution is 14.1. The van der Waals surface area contributed by atoms with E-state index in [1.807, 2.05) is 84.9 Å². The maximum Gasteiger partial charge on any atom is 0.233 e. The summed E-state index contributed by atoms with van der Waals surface area (Å²) in [6.07, 6.45) is 5.66. The Balaban J connectivity index is 1.15. The van der Waals surface area contributed by atoms with Gasteiger partial charge in [-0.15, -0.1) is 0 Å². The summed E-state index contributed by atoms with van der Waals surface area (Å²) in [6.45, 7) is 2.40. The number of carbonyl (C=O) groups is 4. The molecule has 3 aliphatic carbocycles. The van der Waals surface area contributed by atoms with Gasteiger partial charge in [0, 0.05) is 43.1 Å². The number of benzene rings is 4. The fourth-order valence-electron chi connectivity index (χ4n) is 10.7. The minimum Gasteiger partial charge on any atom is -0.504 e. The Bertz CT molecular complexity index is 2280. The fraction of sp³-hybridized carbons (Fsp3) is 0.319. The summed E-state index contributed by atoms with van der Waals surface area (Å²) in [6, 6.07) is 32.6. The zero-order valence-electron chi connectivity index (χ0n) is 31.1. The predicted molar refractivity (Wildman–Crippen MR) is 221 cm³/mol. The second-order valence-corrected chi connectivity index (χ2v) is 17.0. The number of amides is 2. The third-order valence-electron chi connectivity index (χ3n) is 13.2. The number of piperidine rings is 1. The van der Waals surface area contributed by atoms with E-state index in [-0.39, 0.29) is 47.3 Å². The predicted octanol–water partition coefficient (Wildman–Crippen LogP) is 7.49. The molecule has 0 bridgehead atoms. The summed E-state index contributed by atoms with van der Waals surface area (Å²) in [4.78, 5) is 63.8. The molecule has 9 rings (SSSR count). The van der Waals surface area contributed by atoms with Crippen LogP contribution in [-0.2, 0) is 31.1 Å². The number of ketones is 2. The van der Waals surface area contributed by atoms with Gasteiger partial charge < -0.3 is 9.84 Å². The van der Waals surface area contributed by atoms with Gasteiger partial charge in [0.2, 0.25) is 11.8 Å². The largest absolute Gasteiger partial charge is 0.504 e. The van der Waals surface area contributed by atoms with E-state index in [1.54, 1.807) is 11.0 Å². The van der Waals surface area contributed by atoms with Gasteiger partial charge >= 0.3 is 0 Å². The number of ether oxygens (including phenoxy) is 1. The lowest BCUT2D eigenvalue weighted by Crippen LogP contribution is -2.59. The molecule has 0 spiro atoms. The molecule has 8 nitrogen and oxygen atoms in total. The standard InChI is InChI=1S/C47H43IN2O6/c1-56-39-24-30(23-38(48)44(39)53)42-33-17-18-34-41(46(55)50(45(34)54)32-19-21-49(22-20-32)27-28-11-5-2-6-12-28)36(33)25-37-43(52)35(29-13-7-3-8-14-29)26-40(51)47(37,42)31-15-9-4-10-16-31/h2-17,23-24,26,32,34,36-37,41-42,53H,18-22,25,27H2,1H3/t34-,36+,37-,41-,42-,47-/m0/s1. The van der Waals surface area contributed by atoms with E-state index in [0.717, 1.165) is 30.8 Å². The smallest absolute Gasteiger partial charge is 0.233 e. The average molecular weight is 859 g/mol. The van der Waals surface area contributed by atoms with Crippen LogP contribution in [0.25, 0.3) is 5.57 Å². The van der Waals surface area contributed by atoms with Gasteiger partial charge in [-0.2, -0.15) is 0 Å². The van der Waals surface area contributed by atoms with Crippen molar-refractivity contribution in [1.29, 1.82) is 0 Å². The number of aromatic hydroxyl groups is 1. The van der Waals surface area contributed by atoms with E-state index in [4.69, 9.17) is 4.74 Å². The fourth-order valence-corrected chi connectivity index (χ4v) is 11.4. The monoisotopic (exact) mass is 858 g/mol. The molecular weight excluding hydrogens is 815 g/mol. The maximum absolute atomic E-state index is 15.3. The first kappa shape index (κ1) is 36.7. The molecule has 284 valence electrons. The SMILES string of the molecule is COc1cc([C@H]2C3=CC[C@@H]4C(=O)N(C5CCN(Cc6ccccc6)CC5)C(=O)[C@@H]4[C@@H]3C[C@H]3C(=O)C(c4ccccc4)=CC(=O)[C@@]23c2ccccc2)cc(I)c1O. The molecule has 56 heavy (non-hydrogen) atoms. The molecule has 1 N–H and O–H groups in total. The summed E-state index contributed by atoms with van der Waals surface area (Å²) in [5.74, 6) is -3.50. The number of fused-ring (bicyclic) bond motifs is 4. The molecule has 9 heteroatoms. The molecule has 1 saturated carbocycles. The molecule has 2 saturated heterocycles. The minimum absolute atomic E-state index is 0.00783. The van der Waals surface area contributed by atoms with E-state index >= 15 is 9.59 Å². The van der Waals surface area contributed by atoms with Crippen LogP contribution in [0, 0.1) is 27.2 Å². The topological polar surface area (TPSA) is 104 Å². The van der Waals surface area contributed by atoms with Crippen LogP contribution in [0.1, 0.15) is 53.9 Å². The molecule has 4 aromatic rings. The molecule has 2 amide bonds. The highest BCUT2D eigenvalue weighted by atomic mass is 127. The number of phenolic OH excluding ortho intramolecular Hbond substituents is 1. The molecule has 6 atom stereocenters. The number of nitrogens with zero attached hydrogens (tertiary/aromatic N) is 2. The van der Waals surface area contributed by atoms with Crippen LogP contribution in [0.3, 0.4) is 0 Å². The van der Waals surface area contributed by atoms with Crippen molar-refractivity contribution in [3.05, 3.63) is 147 Å². The van der Waals surface area contributed by atoms with Crippen LogP contribution < -0.4 is 4.74 Å². The van der Waals surface area contributed by atoms with E-state index in [1.165, 1.54) is 18.7 Å². The third-order valence-corrected chi connectivity index (χ3v) is 14.0. The number of halogens is 1. The van der Waals surface area contributed by atoms with Crippen molar-refractivity contribution < 1.29 is 29.0 Å². The Morgan fingerprint density at radius 1 is 0.839 bits per heavy atom. The van der Waals surface area contributed by atoms with Crippen molar-refractivity contribution in [2.24, 2.45) is 23.7 Å². The van der Waals surface area contributed by atoms with Gasteiger partial charge in [0.25, 0.3) is 0 Å². The number of Topliss-reactive ketones (excluding diaryl/α,β-unsaturated/α-hetero) is 1. The highest BCUT2D eigenvalue weighted by Crippen LogP contribution is 2.64. The first-order valence-corrected chi connectivity index (χ1v) is 20.6. The summed E-state index contributed by atoms with van der Waals surface area (Å²) >= 11 is 2.07. The minimum atomic E-state index is -1.35. The Morgan fingerprint density at radius 2 is 1.50 bits per heavy atom. The molecule has 0 aromatic heterocycles. The zero-order chi connectivity index (χ0) is 38.7. The van der Waals surface area contributed by atoms with Crippen LogP contribution in [0.4, 0.5) is 0 Å². The summed E-state index contributed by atoms with van der Waals surface area (Å²) in [5, 5.41) is 11.0. The number of methoxy groups -OCH3 is 1. The maximum atomic E-state index is 15.3. The molecule has 2 heterocycles. The van der Waals surface area contributed by atoms with E-state index in [2.05, 4.69) is 45.7 Å². The number of likely N-dealkylation sites (tertiary alicyclic amines) is 2. The number of rotatable bonds is 7. The van der Waals surface area contributed by atoms with Gasteiger partial charge in [-0.3, -0.25) is 29.0 Å². The van der Waals surface area contributed by atoms with Crippen LogP contribution in [0.15, 0.2) is 121 Å². The molecule has 4 aromatic carbocycles. The third kappa shape index (κ3) is 5.80. The van der Waals surface area contributed by atoms with Crippen molar-refractivity contribution in [3.8, 4) is 11.5 Å². The van der Waals surface area contributed by atoms with Gasteiger partial charge in [-0.05, 0) is 94.7 Å². The molecule has 0 radical (unpaired) electrons. The quantitative estimate of drug-likeness (QED) is 0.117. The van der Waals surface area contributed by atoms with Gasteiger partial charge in [0.15, 0.2) is 23.1 Å². The van der Waals surface area contributed by atoms with Gasteiger partial charge in [0.1, 0.15) is 0 Å². The normalized spacial score (nSPS) is 28.0. The van der Waals surface area contributed by atoms with Crippen molar-refractivity contribution in [3.63, 3.8) is 0 Å². The van der Waals surface area contributed by atoms with Gasteiger partial charge in [-0.1, -0.05) is 103 Å². The summed E-state index contributed by atoms with van der Waals surface area (Å²) in [7, 11) is 1.49. The second-order valence-electron chi connectivity index (χ2n) is 15.9. The Labute approximate surface area is 340 Å².